The minimum atomic E-state index is 1.08. The van der Waals surface area contributed by atoms with E-state index < -0.39 is 0 Å². The molecular weight excluding hydrogens is 1110 g/mol. The van der Waals surface area contributed by atoms with E-state index in [1.54, 1.807) is 16.7 Å². The summed E-state index contributed by atoms with van der Waals surface area (Å²) in [6.07, 6.45) is 9.73. The molecular formula is C92H116. The van der Waals surface area contributed by atoms with Crippen LogP contribution in [0.1, 0.15) is 224 Å². The van der Waals surface area contributed by atoms with Crippen molar-refractivity contribution in [1.82, 2.24) is 0 Å². The van der Waals surface area contributed by atoms with E-state index in [9.17, 15) is 0 Å². The van der Waals surface area contributed by atoms with Crippen molar-refractivity contribution >= 4 is 32.3 Å². The van der Waals surface area contributed by atoms with Crippen molar-refractivity contribution in [3.8, 4) is 44.5 Å². The summed E-state index contributed by atoms with van der Waals surface area (Å²) in [6, 6.07) is 63.6. The quantitative estimate of drug-likeness (QED) is 0.142. The monoisotopic (exact) mass is 1220 g/mol. The molecule has 11 aromatic rings. The van der Waals surface area contributed by atoms with Crippen LogP contribution in [0, 0.1) is 55.4 Å². The lowest BCUT2D eigenvalue weighted by molar-refractivity contribution is 0.681. The third kappa shape index (κ3) is 16.1. The van der Waals surface area contributed by atoms with Gasteiger partial charge < -0.3 is 0 Å². The third-order valence-electron chi connectivity index (χ3n) is 18.2. The number of benzene rings is 11. The zero-order chi connectivity index (χ0) is 67.9. The summed E-state index contributed by atoms with van der Waals surface area (Å²) >= 11 is 0. The molecule has 0 fully saturated rings. The molecule has 0 heterocycles. The lowest BCUT2D eigenvalue weighted by atomic mass is 9.86. The second kappa shape index (κ2) is 36.4. The fraction of sp³-hybridized carbons (Fsp3) is 0.348. The van der Waals surface area contributed by atoms with Crippen molar-refractivity contribution in [2.45, 2.75) is 218 Å². The van der Waals surface area contributed by atoms with Crippen LogP contribution in [0.2, 0.25) is 0 Å². The van der Waals surface area contributed by atoms with Gasteiger partial charge in [0.15, 0.2) is 0 Å². The molecule has 0 amide bonds. The summed E-state index contributed by atoms with van der Waals surface area (Å²) in [7, 11) is 0. The second-order valence-corrected chi connectivity index (χ2v) is 23.0. The largest absolute Gasteiger partial charge is 0.0683 e. The highest BCUT2D eigenvalue weighted by molar-refractivity contribution is 6.01. The van der Waals surface area contributed by atoms with Crippen molar-refractivity contribution < 1.29 is 0 Å². The molecule has 11 aromatic carbocycles. The van der Waals surface area contributed by atoms with Gasteiger partial charge in [-0.2, -0.15) is 0 Å². The molecule has 0 aromatic heterocycles. The molecule has 0 heteroatoms. The van der Waals surface area contributed by atoms with E-state index >= 15 is 0 Å². The summed E-state index contributed by atoms with van der Waals surface area (Å²) < 4.78 is 0. The van der Waals surface area contributed by atoms with E-state index in [0.717, 1.165) is 25.7 Å². The van der Waals surface area contributed by atoms with Crippen molar-refractivity contribution in [2.24, 2.45) is 0 Å². The Morgan fingerprint density at radius 2 is 0.533 bits per heavy atom. The second-order valence-electron chi connectivity index (χ2n) is 23.0. The molecule has 5 aliphatic rings. The Morgan fingerprint density at radius 1 is 0.207 bits per heavy atom. The first kappa shape index (κ1) is 74.9. The zero-order valence-electron chi connectivity index (χ0n) is 61.8. The van der Waals surface area contributed by atoms with Gasteiger partial charge in [-0.1, -0.05) is 275 Å². The first-order valence-corrected chi connectivity index (χ1v) is 36.0. The van der Waals surface area contributed by atoms with Crippen LogP contribution in [0.25, 0.3) is 76.8 Å². The Labute approximate surface area is 561 Å². The molecule has 0 nitrogen and oxygen atoms in total. The molecule has 0 bridgehead atoms. The van der Waals surface area contributed by atoms with Gasteiger partial charge >= 0.3 is 0 Å². The maximum Gasteiger partial charge on any atom is -0.000718 e. The molecule has 0 saturated carbocycles. The average Bonchev–Trinajstić information content (AvgIpc) is 2.72. The number of hydrogen-bond donors (Lipinski definition) is 0. The van der Waals surface area contributed by atoms with Gasteiger partial charge in [0.1, 0.15) is 0 Å². The normalized spacial score (nSPS) is 11.6. The van der Waals surface area contributed by atoms with Crippen LogP contribution in [0.15, 0.2) is 170 Å². The molecule has 0 N–H and O–H groups in total. The van der Waals surface area contributed by atoms with Gasteiger partial charge in [-0.15, -0.1) is 0 Å². The summed E-state index contributed by atoms with van der Waals surface area (Å²) in [5.74, 6) is 0. The topological polar surface area (TPSA) is 0 Å². The molecule has 0 aliphatic heterocycles. The SMILES string of the molecule is CC.CC.CC.CC.CC.CC.CC.CC.Cc1cc2c(cc1C)-c1c(ccc3ccccc13)C2.Cc1cc2c(cc1C)-c1cc3ccccc3cc1C2.Cc1cc2c(cc1C)-c1ccc3c(c1C2)CCCC3.Cc1cc2c(cc1C)-c1ccc3ccccc3c1C2. The molecule has 0 radical (unpaired) electrons. The minimum Gasteiger partial charge on any atom is -0.0683 e. The van der Waals surface area contributed by atoms with Gasteiger partial charge in [0.25, 0.3) is 0 Å². The van der Waals surface area contributed by atoms with Crippen molar-refractivity contribution in [1.29, 1.82) is 0 Å². The predicted molar refractivity (Wildman–Crippen MR) is 417 cm³/mol. The van der Waals surface area contributed by atoms with Crippen LogP contribution in [-0.2, 0) is 38.5 Å². The van der Waals surface area contributed by atoms with Gasteiger partial charge in [0.05, 0.1) is 0 Å². The summed E-state index contributed by atoms with van der Waals surface area (Å²) in [6.45, 7) is 49.7. The molecule has 0 unspecified atom stereocenters. The van der Waals surface area contributed by atoms with Crippen LogP contribution in [0.4, 0.5) is 0 Å². The number of aryl methyl sites for hydroxylation is 9. The molecule has 5 aliphatic carbocycles. The maximum absolute atomic E-state index is 2.40. The molecule has 0 atom stereocenters. The highest BCUT2D eigenvalue weighted by atomic mass is 14.3. The molecule has 484 valence electrons. The van der Waals surface area contributed by atoms with Crippen LogP contribution in [0.3, 0.4) is 0 Å². The van der Waals surface area contributed by atoms with E-state index in [-0.39, 0.29) is 0 Å². The lowest BCUT2D eigenvalue weighted by Gasteiger charge is -2.19. The van der Waals surface area contributed by atoms with E-state index in [1.165, 1.54) is 186 Å². The minimum absolute atomic E-state index is 1.08. The number of hydrogen-bond acceptors (Lipinski definition) is 0. The summed E-state index contributed by atoms with van der Waals surface area (Å²) in [4.78, 5) is 0. The molecule has 92 heavy (non-hydrogen) atoms. The lowest BCUT2D eigenvalue weighted by Crippen LogP contribution is -2.05. The van der Waals surface area contributed by atoms with Crippen molar-refractivity contribution in [3.05, 3.63) is 270 Å². The fourth-order valence-electron chi connectivity index (χ4n) is 13.5. The van der Waals surface area contributed by atoms with Crippen LogP contribution in [-0.4, -0.2) is 0 Å². The zero-order valence-corrected chi connectivity index (χ0v) is 61.8. The van der Waals surface area contributed by atoms with Crippen LogP contribution >= 0.6 is 0 Å². The first-order chi connectivity index (χ1) is 44.9. The van der Waals surface area contributed by atoms with E-state index in [1.807, 2.05) is 111 Å². The predicted octanol–water partition coefficient (Wildman–Crippen LogP) is 28.0. The third-order valence-corrected chi connectivity index (χ3v) is 18.2. The molecule has 0 spiro atoms. The smallest absolute Gasteiger partial charge is 0.000718 e. The standard InChI is InChI=1S/C19H16.C19H20.2C19H16.8C2H6/c1-12-7-16-10-17-9-14-5-3-4-6-15(14)11-19(17)18(16)8-13(12)2;2*1-12-9-15-11-19-16-6-4-3-5-14(16)7-8-17(19)18(15)10-13(12)2;1-12-9-16-11-15-8-7-14-5-3-4-6-17(14)19(15)18(16)10-13(12)2;8*1-2/h3-9,11H,10H2,1-2H3;7-10H,3-6,11H2,1-2H3;2*3-10H,11H2,1-2H3;8*1-2H3. The highest BCUT2D eigenvalue weighted by Crippen LogP contribution is 2.46. The number of fused-ring (bicyclic) bond motifs is 19. The van der Waals surface area contributed by atoms with Gasteiger partial charge in [-0.05, 0) is 290 Å². The average molecular weight is 1220 g/mol. The van der Waals surface area contributed by atoms with Crippen LogP contribution in [0.5, 0.6) is 0 Å². The molecule has 0 saturated heterocycles. The summed E-state index contributed by atoms with van der Waals surface area (Å²) in [5, 5.41) is 8.18. The summed E-state index contributed by atoms with van der Waals surface area (Å²) in [5.41, 5.74) is 38.2. The fourth-order valence-corrected chi connectivity index (χ4v) is 13.5. The highest BCUT2D eigenvalue weighted by Gasteiger charge is 2.26. The van der Waals surface area contributed by atoms with Crippen LogP contribution < -0.4 is 0 Å². The Hall–Kier alpha value is -7.80. The Balaban J connectivity index is 0.000000207. The number of rotatable bonds is 0. The van der Waals surface area contributed by atoms with Gasteiger partial charge in [-0.25, -0.2) is 0 Å². The van der Waals surface area contributed by atoms with E-state index in [0.29, 0.717) is 0 Å². The Kier molecular flexibility index (Phi) is 29.7. The Bertz CT molecular complexity index is 4170. The van der Waals surface area contributed by atoms with Gasteiger partial charge in [0, 0.05) is 0 Å². The van der Waals surface area contributed by atoms with Gasteiger partial charge in [-0.3, -0.25) is 0 Å². The van der Waals surface area contributed by atoms with E-state index in [2.05, 4.69) is 225 Å². The van der Waals surface area contributed by atoms with E-state index in [4.69, 9.17) is 0 Å². The van der Waals surface area contributed by atoms with Crippen molar-refractivity contribution in [3.63, 3.8) is 0 Å². The Morgan fingerprint density at radius 3 is 1.07 bits per heavy atom. The van der Waals surface area contributed by atoms with Crippen molar-refractivity contribution in [2.75, 3.05) is 0 Å². The first-order valence-electron chi connectivity index (χ1n) is 36.0. The maximum atomic E-state index is 2.40. The molecule has 16 rings (SSSR count). The van der Waals surface area contributed by atoms with Gasteiger partial charge in [0.2, 0.25) is 0 Å².